The summed E-state index contributed by atoms with van der Waals surface area (Å²) in [7, 11) is 0. The van der Waals surface area contributed by atoms with Crippen LogP contribution in [0.5, 0.6) is 0 Å². The molecule has 1 unspecified atom stereocenters. The highest BCUT2D eigenvalue weighted by molar-refractivity contribution is 5.84. The molecule has 0 bridgehead atoms. The van der Waals surface area contributed by atoms with Crippen LogP contribution in [0.4, 0.5) is 0 Å². The molecule has 0 aliphatic heterocycles. The van der Waals surface area contributed by atoms with Crippen molar-refractivity contribution in [1.82, 2.24) is 9.55 Å². The van der Waals surface area contributed by atoms with Crippen molar-refractivity contribution in [2.24, 2.45) is 5.92 Å². The number of imidazole rings is 1. The SMILES string of the molecule is C/C=C(C)\C(=C(\C)C(C)C)n1c(-c2ccccc2C)nc2c1-c1ccccc1C(C)(CCCC)C2. The van der Waals surface area contributed by atoms with Gasteiger partial charge < -0.3 is 0 Å². The Labute approximate surface area is 212 Å². The molecule has 0 spiro atoms. The molecule has 0 saturated heterocycles. The molecule has 1 aliphatic rings. The van der Waals surface area contributed by atoms with Gasteiger partial charge in [-0.3, -0.25) is 4.57 Å². The van der Waals surface area contributed by atoms with Gasteiger partial charge in [0.05, 0.1) is 11.4 Å². The fraction of sp³-hybridized carbons (Fsp3) is 0.424. The number of benzene rings is 2. The Hall–Kier alpha value is -2.87. The summed E-state index contributed by atoms with van der Waals surface area (Å²) >= 11 is 0. The van der Waals surface area contributed by atoms with Crippen LogP contribution in [0.15, 0.2) is 65.8 Å². The summed E-state index contributed by atoms with van der Waals surface area (Å²) in [6, 6.07) is 17.8. The molecule has 0 amide bonds. The molecule has 2 aromatic carbocycles. The van der Waals surface area contributed by atoms with Gasteiger partial charge in [0.2, 0.25) is 0 Å². The summed E-state index contributed by atoms with van der Waals surface area (Å²) in [5.41, 5.74) is 11.9. The Balaban J connectivity index is 2.13. The highest BCUT2D eigenvalue weighted by Gasteiger charge is 2.38. The van der Waals surface area contributed by atoms with Gasteiger partial charge in [-0.2, -0.15) is 0 Å². The van der Waals surface area contributed by atoms with E-state index in [-0.39, 0.29) is 5.41 Å². The fourth-order valence-corrected chi connectivity index (χ4v) is 5.63. The van der Waals surface area contributed by atoms with Crippen molar-refractivity contribution in [1.29, 1.82) is 0 Å². The minimum Gasteiger partial charge on any atom is -0.292 e. The first kappa shape index (κ1) is 25.2. The molecule has 0 N–H and O–H groups in total. The first-order valence-electron chi connectivity index (χ1n) is 13.3. The molecular weight excluding hydrogens is 424 g/mol. The quantitative estimate of drug-likeness (QED) is 0.317. The van der Waals surface area contributed by atoms with Crippen LogP contribution in [0.2, 0.25) is 0 Å². The predicted molar refractivity (Wildman–Crippen MR) is 152 cm³/mol. The largest absolute Gasteiger partial charge is 0.292 e. The van der Waals surface area contributed by atoms with E-state index in [1.807, 2.05) is 0 Å². The molecule has 2 nitrogen and oxygen atoms in total. The first-order valence-corrected chi connectivity index (χ1v) is 13.3. The zero-order valence-corrected chi connectivity index (χ0v) is 23.0. The van der Waals surface area contributed by atoms with Crippen molar-refractivity contribution in [3.05, 3.63) is 82.6 Å². The summed E-state index contributed by atoms with van der Waals surface area (Å²) in [6.45, 7) is 18.2. The molecule has 0 saturated carbocycles. The van der Waals surface area contributed by atoms with E-state index in [2.05, 4.69) is 115 Å². The molecule has 0 fully saturated rings. The van der Waals surface area contributed by atoms with E-state index in [1.165, 1.54) is 69.7 Å². The van der Waals surface area contributed by atoms with E-state index in [1.54, 1.807) is 0 Å². The van der Waals surface area contributed by atoms with E-state index >= 15 is 0 Å². The van der Waals surface area contributed by atoms with Gasteiger partial charge >= 0.3 is 0 Å². The summed E-state index contributed by atoms with van der Waals surface area (Å²) in [5, 5.41) is 0. The van der Waals surface area contributed by atoms with Crippen molar-refractivity contribution >= 4 is 5.70 Å². The molecule has 3 aromatic rings. The fourth-order valence-electron chi connectivity index (χ4n) is 5.63. The molecule has 2 heteroatoms. The maximum atomic E-state index is 5.47. The molecule has 35 heavy (non-hydrogen) atoms. The van der Waals surface area contributed by atoms with Crippen molar-refractivity contribution in [3.8, 4) is 22.6 Å². The van der Waals surface area contributed by atoms with Crippen LogP contribution in [0.25, 0.3) is 28.3 Å². The van der Waals surface area contributed by atoms with E-state index in [0.29, 0.717) is 5.92 Å². The minimum atomic E-state index is 0.106. The smallest absolute Gasteiger partial charge is 0.145 e. The maximum Gasteiger partial charge on any atom is 0.145 e. The Morgan fingerprint density at radius 1 is 1.06 bits per heavy atom. The molecule has 1 aromatic heterocycles. The standard InChI is InChI=1S/C33H42N2/c1-9-11-20-33(8)21-29-31(27-18-14-15-19-28(27)33)35(30(23(5)10-2)25(7)22(3)4)32(34-29)26-17-13-12-16-24(26)6/h10,12-19,22H,9,11,20-21H2,1-8H3/b23-10-,30-25+. The van der Waals surface area contributed by atoms with E-state index in [0.717, 1.165) is 12.2 Å². The van der Waals surface area contributed by atoms with Crippen LogP contribution in [-0.2, 0) is 11.8 Å². The van der Waals surface area contributed by atoms with E-state index in [4.69, 9.17) is 4.98 Å². The van der Waals surface area contributed by atoms with Gasteiger partial charge in [0.25, 0.3) is 0 Å². The monoisotopic (exact) mass is 466 g/mol. The van der Waals surface area contributed by atoms with Crippen LogP contribution >= 0.6 is 0 Å². The van der Waals surface area contributed by atoms with Gasteiger partial charge in [0.1, 0.15) is 5.82 Å². The number of aromatic nitrogens is 2. The lowest BCUT2D eigenvalue weighted by atomic mass is 9.69. The number of nitrogens with zero attached hydrogens (tertiary/aromatic N) is 2. The maximum absolute atomic E-state index is 5.47. The van der Waals surface area contributed by atoms with Gasteiger partial charge in [-0.25, -0.2) is 4.98 Å². The second-order valence-corrected chi connectivity index (χ2v) is 10.9. The van der Waals surface area contributed by atoms with E-state index < -0.39 is 0 Å². The molecule has 184 valence electrons. The molecule has 1 aliphatic carbocycles. The zero-order chi connectivity index (χ0) is 25.3. The first-order chi connectivity index (χ1) is 16.7. The Morgan fingerprint density at radius 3 is 2.34 bits per heavy atom. The average Bonchev–Trinajstić information content (AvgIpc) is 3.21. The Kier molecular flexibility index (Phi) is 7.22. The Morgan fingerprint density at radius 2 is 1.71 bits per heavy atom. The van der Waals surface area contributed by atoms with Crippen LogP contribution in [0, 0.1) is 12.8 Å². The summed E-state index contributed by atoms with van der Waals surface area (Å²) < 4.78 is 2.50. The number of hydrogen-bond acceptors (Lipinski definition) is 1. The lowest BCUT2D eigenvalue weighted by Gasteiger charge is -2.36. The summed E-state index contributed by atoms with van der Waals surface area (Å²) in [4.78, 5) is 5.47. The number of allylic oxidation sites excluding steroid dienone is 4. The molecule has 4 rings (SSSR count). The van der Waals surface area contributed by atoms with Gasteiger partial charge in [0, 0.05) is 23.2 Å². The number of fused-ring (bicyclic) bond motifs is 3. The van der Waals surface area contributed by atoms with E-state index in [9.17, 15) is 0 Å². The Bertz CT molecular complexity index is 1280. The highest BCUT2D eigenvalue weighted by Crippen LogP contribution is 2.48. The van der Waals surface area contributed by atoms with Gasteiger partial charge in [0.15, 0.2) is 0 Å². The van der Waals surface area contributed by atoms with Gasteiger partial charge in [-0.15, -0.1) is 0 Å². The van der Waals surface area contributed by atoms with Crippen molar-refractivity contribution in [2.75, 3.05) is 0 Å². The predicted octanol–water partition coefficient (Wildman–Crippen LogP) is 9.38. The van der Waals surface area contributed by atoms with Crippen LogP contribution in [-0.4, -0.2) is 9.55 Å². The lowest BCUT2D eigenvalue weighted by molar-refractivity contribution is 0.407. The lowest BCUT2D eigenvalue weighted by Crippen LogP contribution is -2.30. The van der Waals surface area contributed by atoms with Crippen molar-refractivity contribution < 1.29 is 0 Å². The third-order valence-electron chi connectivity index (χ3n) is 8.08. The molecular formula is C33H42N2. The zero-order valence-electron chi connectivity index (χ0n) is 23.0. The van der Waals surface area contributed by atoms with Crippen molar-refractivity contribution in [2.45, 2.75) is 86.5 Å². The summed E-state index contributed by atoms with van der Waals surface area (Å²) in [5.74, 6) is 1.51. The van der Waals surface area contributed by atoms with Crippen LogP contribution in [0.3, 0.4) is 0 Å². The second-order valence-electron chi connectivity index (χ2n) is 10.9. The minimum absolute atomic E-state index is 0.106. The number of aryl methyl sites for hydroxylation is 1. The normalized spacial score (nSPS) is 18.4. The molecule has 1 heterocycles. The number of hydrogen-bond donors (Lipinski definition) is 0. The number of rotatable bonds is 7. The average molecular weight is 467 g/mol. The topological polar surface area (TPSA) is 17.8 Å². The number of unbranched alkanes of at least 4 members (excludes halogenated alkanes) is 1. The van der Waals surface area contributed by atoms with Crippen LogP contribution < -0.4 is 0 Å². The van der Waals surface area contributed by atoms with Crippen molar-refractivity contribution in [3.63, 3.8) is 0 Å². The second kappa shape index (κ2) is 10.0. The molecule has 0 radical (unpaired) electrons. The highest BCUT2D eigenvalue weighted by atomic mass is 15.1. The summed E-state index contributed by atoms with van der Waals surface area (Å²) in [6.07, 6.45) is 6.87. The van der Waals surface area contributed by atoms with Gasteiger partial charge in [-0.1, -0.05) is 95.1 Å². The molecule has 1 atom stereocenters. The third kappa shape index (κ3) is 4.44. The third-order valence-corrected chi connectivity index (χ3v) is 8.08. The van der Waals surface area contributed by atoms with Gasteiger partial charge in [-0.05, 0) is 67.7 Å². The van der Waals surface area contributed by atoms with Crippen LogP contribution in [0.1, 0.15) is 84.5 Å².